The van der Waals surface area contributed by atoms with Gasteiger partial charge in [0.25, 0.3) is 5.91 Å². The quantitative estimate of drug-likeness (QED) is 0.624. The van der Waals surface area contributed by atoms with Gasteiger partial charge in [0.2, 0.25) is 0 Å². The van der Waals surface area contributed by atoms with E-state index >= 15 is 0 Å². The molecule has 0 unspecified atom stereocenters. The van der Waals surface area contributed by atoms with Crippen molar-refractivity contribution in [2.24, 2.45) is 4.99 Å². The van der Waals surface area contributed by atoms with Gasteiger partial charge in [0.05, 0.1) is 23.3 Å². The third-order valence-electron chi connectivity index (χ3n) is 3.59. The Labute approximate surface area is 150 Å². The summed E-state index contributed by atoms with van der Waals surface area (Å²) < 4.78 is 4.72. The molecule has 1 fully saturated rings. The number of thioether (sulfide) groups is 1. The number of likely N-dealkylation sites (N-methyl/N-ethyl adjacent to an activating group) is 1. The minimum Gasteiger partial charge on any atom is -0.465 e. The number of methoxy groups -OCH3 is 1. The molecule has 25 heavy (non-hydrogen) atoms. The predicted molar refractivity (Wildman–Crippen MR) is 99.7 cm³/mol. The highest BCUT2D eigenvalue weighted by atomic mass is 32.2. The van der Waals surface area contributed by atoms with E-state index in [2.05, 4.69) is 4.99 Å². The van der Waals surface area contributed by atoms with Gasteiger partial charge in [-0.25, -0.2) is 9.79 Å². The van der Waals surface area contributed by atoms with Crippen LogP contribution in [0.2, 0.25) is 0 Å². The molecule has 1 heterocycles. The molecule has 0 aliphatic carbocycles. The Morgan fingerprint density at radius 2 is 1.92 bits per heavy atom. The van der Waals surface area contributed by atoms with E-state index in [0.717, 1.165) is 5.56 Å². The van der Waals surface area contributed by atoms with Crippen molar-refractivity contribution >= 4 is 40.6 Å². The van der Waals surface area contributed by atoms with E-state index in [0.29, 0.717) is 21.3 Å². The Hall–Kier alpha value is -2.86. The highest BCUT2D eigenvalue weighted by Crippen LogP contribution is 2.33. The molecule has 1 amide bonds. The number of aliphatic imine (C=N–C) groups is 1. The SMILES string of the molecule is COC(=O)c1cccc(N=C2SC(=Cc3ccccc3)C(=O)N2C)c1. The Bertz CT molecular complexity index is 875. The summed E-state index contributed by atoms with van der Waals surface area (Å²) in [5.41, 5.74) is 1.97. The number of carbonyl (C=O) groups is 2. The summed E-state index contributed by atoms with van der Waals surface area (Å²) in [6.07, 6.45) is 1.84. The summed E-state index contributed by atoms with van der Waals surface area (Å²) in [5.74, 6) is -0.521. The van der Waals surface area contributed by atoms with Crippen molar-refractivity contribution in [3.63, 3.8) is 0 Å². The molecule has 0 atom stereocenters. The van der Waals surface area contributed by atoms with Crippen molar-refractivity contribution in [2.45, 2.75) is 0 Å². The normalized spacial score (nSPS) is 17.4. The lowest BCUT2D eigenvalue weighted by atomic mass is 10.2. The number of hydrogen-bond acceptors (Lipinski definition) is 5. The summed E-state index contributed by atoms with van der Waals surface area (Å²) in [6.45, 7) is 0. The third-order valence-corrected chi connectivity index (χ3v) is 4.65. The Morgan fingerprint density at radius 3 is 2.64 bits per heavy atom. The van der Waals surface area contributed by atoms with Gasteiger partial charge >= 0.3 is 5.97 Å². The average Bonchev–Trinajstić information content (AvgIpc) is 2.90. The lowest BCUT2D eigenvalue weighted by molar-refractivity contribution is -0.121. The molecule has 1 aliphatic heterocycles. The maximum atomic E-state index is 12.4. The van der Waals surface area contributed by atoms with Crippen molar-refractivity contribution in [3.05, 3.63) is 70.6 Å². The average molecular weight is 352 g/mol. The first-order valence-electron chi connectivity index (χ1n) is 7.58. The maximum absolute atomic E-state index is 12.4. The molecule has 0 spiro atoms. The topological polar surface area (TPSA) is 59.0 Å². The largest absolute Gasteiger partial charge is 0.465 e. The molecular weight excluding hydrogens is 336 g/mol. The summed E-state index contributed by atoms with van der Waals surface area (Å²) >= 11 is 1.31. The van der Waals surface area contributed by atoms with Crippen molar-refractivity contribution in [1.29, 1.82) is 0 Å². The molecule has 0 radical (unpaired) electrons. The van der Waals surface area contributed by atoms with E-state index in [4.69, 9.17) is 4.74 Å². The number of amides is 1. The molecule has 0 bridgehead atoms. The van der Waals surface area contributed by atoms with Crippen LogP contribution < -0.4 is 0 Å². The first-order valence-corrected chi connectivity index (χ1v) is 8.40. The predicted octanol–water partition coefficient (Wildman–Crippen LogP) is 3.71. The number of amidine groups is 1. The molecule has 0 saturated carbocycles. The van der Waals surface area contributed by atoms with Crippen LogP contribution in [0.5, 0.6) is 0 Å². The van der Waals surface area contributed by atoms with Crippen molar-refractivity contribution in [1.82, 2.24) is 4.90 Å². The van der Waals surface area contributed by atoms with Crippen LogP contribution in [0.4, 0.5) is 5.69 Å². The summed E-state index contributed by atoms with van der Waals surface area (Å²) in [5, 5.41) is 0.564. The second-order valence-corrected chi connectivity index (χ2v) is 6.33. The molecule has 2 aromatic carbocycles. The van der Waals surface area contributed by atoms with E-state index in [1.165, 1.54) is 23.8 Å². The van der Waals surface area contributed by atoms with E-state index < -0.39 is 5.97 Å². The Morgan fingerprint density at radius 1 is 1.16 bits per heavy atom. The van der Waals surface area contributed by atoms with Gasteiger partial charge in [0, 0.05) is 7.05 Å². The fourth-order valence-corrected chi connectivity index (χ4v) is 3.27. The van der Waals surface area contributed by atoms with Crippen LogP contribution in [0, 0.1) is 0 Å². The molecule has 0 aromatic heterocycles. The standard InChI is InChI=1S/C19H16N2O3S/c1-21-17(22)16(11-13-7-4-3-5-8-13)25-19(21)20-15-10-6-9-14(12-15)18(23)24-2/h3-12H,1-2H3. The van der Waals surface area contributed by atoms with Gasteiger partial charge in [0.15, 0.2) is 5.17 Å². The number of rotatable bonds is 3. The number of hydrogen-bond donors (Lipinski definition) is 0. The molecular formula is C19H16N2O3S. The lowest BCUT2D eigenvalue weighted by Gasteiger charge is -2.07. The van der Waals surface area contributed by atoms with Crippen molar-refractivity contribution in [2.75, 3.05) is 14.2 Å². The molecule has 5 nitrogen and oxygen atoms in total. The number of carbonyl (C=O) groups excluding carboxylic acids is 2. The van der Waals surface area contributed by atoms with E-state index in [1.54, 1.807) is 31.3 Å². The molecule has 3 rings (SSSR count). The van der Waals surface area contributed by atoms with Gasteiger partial charge in [0.1, 0.15) is 0 Å². The van der Waals surface area contributed by atoms with Crippen LogP contribution >= 0.6 is 11.8 Å². The van der Waals surface area contributed by atoms with Crippen LogP contribution in [0.1, 0.15) is 15.9 Å². The number of ether oxygens (including phenoxy) is 1. The van der Waals surface area contributed by atoms with Crippen LogP contribution in [0.15, 0.2) is 64.5 Å². The Kier molecular flexibility index (Phi) is 5.00. The maximum Gasteiger partial charge on any atom is 0.337 e. The van der Waals surface area contributed by atoms with Gasteiger partial charge in [-0.05, 0) is 41.6 Å². The number of benzene rings is 2. The number of nitrogens with zero attached hydrogens (tertiary/aromatic N) is 2. The van der Waals surface area contributed by atoms with Crippen LogP contribution in [0.25, 0.3) is 6.08 Å². The fraction of sp³-hybridized carbons (Fsp3) is 0.105. The zero-order valence-corrected chi connectivity index (χ0v) is 14.6. The minimum absolute atomic E-state index is 0.100. The van der Waals surface area contributed by atoms with Gasteiger partial charge in [-0.1, -0.05) is 36.4 Å². The monoisotopic (exact) mass is 352 g/mol. The summed E-state index contributed by atoms with van der Waals surface area (Å²) in [4.78, 5) is 30.6. The molecule has 2 aromatic rings. The van der Waals surface area contributed by atoms with Crippen LogP contribution in [-0.2, 0) is 9.53 Å². The van der Waals surface area contributed by atoms with Gasteiger partial charge in [-0.3, -0.25) is 9.69 Å². The third kappa shape index (κ3) is 3.80. The van der Waals surface area contributed by atoms with E-state index in [9.17, 15) is 9.59 Å². The zero-order chi connectivity index (χ0) is 17.8. The molecule has 6 heteroatoms. The summed E-state index contributed by atoms with van der Waals surface area (Å²) in [7, 11) is 3.02. The Balaban J connectivity index is 1.88. The van der Waals surface area contributed by atoms with E-state index in [1.807, 2.05) is 36.4 Å². The molecule has 1 saturated heterocycles. The first kappa shape index (κ1) is 17.0. The zero-order valence-electron chi connectivity index (χ0n) is 13.8. The van der Waals surface area contributed by atoms with Crippen molar-refractivity contribution in [3.8, 4) is 0 Å². The number of esters is 1. The second kappa shape index (κ2) is 7.36. The first-order chi connectivity index (χ1) is 12.1. The van der Waals surface area contributed by atoms with Crippen LogP contribution in [0.3, 0.4) is 0 Å². The molecule has 1 aliphatic rings. The lowest BCUT2D eigenvalue weighted by Crippen LogP contribution is -2.23. The van der Waals surface area contributed by atoms with Crippen molar-refractivity contribution < 1.29 is 14.3 Å². The van der Waals surface area contributed by atoms with Gasteiger partial charge in [-0.15, -0.1) is 0 Å². The second-order valence-electron chi connectivity index (χ2n) is 5.32. The highest BCUT2D eigenvalue weighted by Gasteiger charge is 2.30. The smallest absolute Gasteiger partial charge is 0.337 e. The molecule has 126 valence electrons. The van der Waals surface area contributed by atoms with Gasteiger partial charge in [-0.2, -0.15) is 0 Å². The summed E-state index contributed by atoms with van der Waals surface area (Å²) in [6, 6.07) is 16.5. The van der Waals surface area contributed by atoms with Gasteiger partial charge < -0.3 is 4.74 Å². The fourth-order valence-electron chi connectivity index (χ4n) is 2.28. The van der Waals surface area contributed by atoms with E-state index in [-0.39, 0.29) is 5.91 Å². The highest BCUT2D eigenvalue weighted by molar-refractivity contribution is 8.18. The minimum atomic E-state index is -0.421. The molecule has 0 N–H and O–H groups in total. The van der Waals surface area contributed by atoms with Crippen LogP contribution in [-0.4, -0.2) is 36.1 Å².